The number of carbonyl (C=O) groups excluding carboxylic acids is 1. The lowest BCUT2D eigenvalue weighted by atomic mass is 9.96. The Morgan fingerprint density at radius 3 is 2.41 bits per heavy atom. The number of rotatable bonds is 4. The molecule has 0 bridgehead atoms. The van der Waals surface area contributed by atoms with E-state index in [2.05, 4.69) is 15.3 Å². The van der Waals surface area contributed by atoms with Gasteiger partial charge >= 0.3 is 5.69 Å². The topological polar surface area (TPSA) is 98.9 Å². The Labute approximate surface area is 186 Å². The molecule has 3 rings (SSSR count). The van der Waals surface area contributed by atoms with E-state index in [9.17, 15) is 23.2 Å². The number of nitrogens with zero attached hydrogens (tertiary/aromatic N) is 4. The molecule has 0 radical (unpaired) electrons. The summed E-state index contributed by atoms with van der Waals surface area (Å²) in [5.74, 6) is -1.68. The third-order valence-electron chi connectivity index (χ3n) is 4.78. The highest BCUT2D eigenvalue weighted by Crippen LogP contribution is 2.30. The van der Waals surface area contributed by atoms with Crippen LogP contribution in [0.2, 0.25) is 0 Å². The Morgan fingerprint density at radius 2 is 1.78 bits per heavy atom. The van der Waals surface area contributed by atoms with Crippen molar-refractivity contribution < 1.29 is 13.6 Å². The van der Waals surface area contributed by atoms with E-state index in [-0.39, 0.29) is 21.7 Å². The molecule has 1 unspecified atom stereocenters. The number of hydrogen-bond acceptors (Lipinski definition) is 6. The van der Waals surface area contributed by atoms with E-state index in [1.54, 1.807) is 6.92 Å². The van der Waals surface area contributed by atoms with Crippen molar-refractivity contribution in [1.29, 1.82) is 0 Å². The lowest BCUT2D eigenvalue weighted by Gasteiger charge is -2.20. The maximum atomic E-state index is 13.9. The maximum absolute atomic E-state index is 13.9. The first-order valence-corrected chi connectivity index (χ1v) is 10.6. The number of carbonyl (C=O) groups is 1. The summed E-state index contributed by atoms with van der Waals surface area (Å²) in [5.41, 5.74) is -1.76. The lowest BCUT2D eigenvalue weighted by Crippen LogP contribution is -2.38. The van der Waals surface area contributed by atoms with Crippen LogP contribution in [0.15, 0.2) is 32.8 Å². The summed E-state index contributed by atoms with van der Waals surface area (Å²) in [4.78, 5) is 46.9. The minimum atomic E-state index is -0.828. The smallest absolute Gasteiger partial charge is 0.323 e. The third kappa shape index (κ3) is 4.43. The number of benzene rings is 1. The summed E-state index contributed by atoms with van der Waals surface area (Å²) in [5, 5.41) is 1.85. The molecule has 0 saturated carbocycles. The van der Waals surface area contributed by atoms with E-state index in [1.165, 1.54) is 18.7 Å². The van der Waals surface area contributed by atoms with Gasteiger partial charge in [-0.25, -0.2) is 23.5 Å². The highest BCUT2D eigenvalue weighted by Gasteiger charge is 2.26. The van der Waals surface area contributed by atoms with Crippen LogP contribution in [-0.2, 0) is 24.3 Å². The van der Waals surface area contributed by atoms with Crippen LogP contribution in [0.25, 0.3) is 11.0 Å². The van der Waals surface area contributed by atoms with Crippen LogP contribution in [0, 0.1) is 11.6 Å². The normalized spacial score (nSPS) is 12.8. The van der Waals surface area contributed by atoms with Gasteiger partial charge < -0.3 is 5.32 Å². The van der Waals surface area contributed by atoms with Gasteiger partial charge in [-0.2, -0.15) is 0 Å². The summed E-state index contributed by atoms with van der Waals surface area (Å²) >= 11 is 0.970. The molecule has 1 amide bonds. The van der Waals surface area contributed by atoms with Crippen LogP contribution in [0.1, 0.15) is 33.5 Å². The van der Waals surface area contributed by atoms with Gasteiger partial charge in [0, 0.05) is 25.6 Å². The number of amides is 1. The van der Waals surface area contributed by atoms with Gasteiger partial charge in [0.1, 0.15) is 27.9 Å². The van der Waals surface area contributed by atoms with Gasteiger partial charge in [-0.1, -0.05) is 32.5 Å². The maximum Gasteiger partial charge on any atom is 0.332 e. The van der Waals surface area contributed by atoms with Crippen LogP contribution in [0.3, 0.4) is 0 Å². The van der Waals surface area contributed by atoms with Gasteiger partial charge in [0.2, 0.25) is 5.91 Å². The van der Waals surface area contributed by atoms with Gasteiger partial charge in [0.25, 0.3) is 5.56 Å². The molecule has 11 heteroatoms. The molecule has 32 heavy (non-hydrogen) atoms. The van der Waals surface area contributed by atoms with E-state index in [1.807, 2.05) is 20.8 Å². The molecule has 3 aromatic rings. The molecule has 0 aliphatic rings. The van der Waals surface area contributed by atoms with Crippen molar-refractivity contribution in [2.45, 2.75) is 43.4 Å². The summed E-state index contributed by atoms with van der Waals surface area (Å²) in [7, 11) is 2.85. The highest BCUT2D eigenvalue weighted by atomic mass is 32.2. The second kappa shape index (κ2) is 8.45. The minimum absolute atomic E-state index is 0.101. The third-order valence-corrected chi connectivity index (χ3v) is 5.87. The first kappa shape index (κ1) is 23.6. The fourth-order valence-electron chi connectivity index (χ4n) is 2.90. The van der Waals surface area contributed by atoms with E-state index < -0.39 is 39.5 Å². The van der Waals surface area contributed by atoms with E-state index in [4.69, 9.17) is 0 Å². The molecule has 0 saturated heterocycles. The molecular formula is C21H23F2N5O3S. The van der Waals surface area contributed by atoms with Crippen molar-refractivity contribution >= 4 is 34.4 Å². The second-order valence-corrected chi connectivity index (χ2v) is 9.71. The molecule has 1 N–H and O–H groups in total. The van der Waals surface area contributed by atoms with Crippen LogP contribution < -0.4 is 16.6 Å². The number of anilines is 1. The monoisotopic (exact) mass is 463 g/mol. The summed E-state index contributed by atoms with van der Waals surface area (Å²) in [6.45, 7) is 7.19. The number of halogens is 2. The van der Waals surface area contributed by atoms with Crippen molar-refractivity contribution in [2.75, 3.05) is 5.32 Å². The molecule has 0 aliphatic heterocycles. The average molecular weight is 464 g/mol. The Bertz CT molecular complexity index is 1340. The molecule has 170 valence electrons. The number of aromatic nitrogens is 4. The number of aryl methyl sites for hydroxylation is 1. The quantitative estimate of drug-likeness (QED) is 0.472. The fourth-order valence-corrected chi connectivity index (χ4v) is 3.83. The van der Waals surface area contributed by atoms with Gasteiger partial charge in [-0.15, -0.1) is 0 Å². The summed E-state index contributed by atoms with van der Waals surface area (Å²) in [6, 6.07) is 2.75. The van der Waals surface area contributed by atoms with Crippen LogP contribution >= 0.6 is 11.8 Å². The predicted molar refractivity (Wildman–Crippen MR) is 119 cm³/mol. The first-order valence-electron chi connectivity index (χ1n) is 9.72. The van der Waals surface area contributed by atoms with Crippen molar-refractivity contribution in [3.8, 4) is 0 Å². The van der Waals surface area contributed by atoms with Crippen molar-refractivity contribution in [1.82, 2.24) is 19.1 Å². The molecule has 1 aromatic carbocycles. The summed E-state index contributed by atoms with van der Waals surface area (Å²) in [6.07, 6.45) is 0. The van der Waals surface area contributed by atoms with E-state index >= 15 is 0 Å². The van der Waals surface area contributed by atoms with Gasteiger partial charge in [0.15, 0.2) is 5.65 Å². The highest BCUT2D eigenvalue weighted by molar-refractivity contribution is 8.00. The van der Waals surface area contributed by atoms with Crippen LogP contribution in [0.5, 0.6) is 0 Å². The average Bonchev–Trinajstić information content (AvgIpc) is 2.72. The van der Waals surface area contributed by atoms with Crippen LogP contribution in [-0.4, -0.2) is 30.3 Å². The number of fused-ring (bicyclic) bond motifs is 1. The molecule has 2 aromatic heterocycles. The van der Waals surface area contributed by atoms with Crippen LogP contribution in [0.4, 0.5) is 14.5 Å². The van der Waals surface area contributed by atoms with Gasteiger partial charge in [0.05, 0.1) is 10.9 Å². The minimum Gasteiger partial charge on any atom is -0.323 e. The zero-order chi connectivity index (χ0) is 24.0. The number of nitrogens with one attached hydrogen (secondary N) is 1. The van der Waals surface area contributed by atoms with Crippen molar-refractivity contribution in [3.63, 3.8) is 0 Å². The first-order chi connectivity index (χ1) is 14.8. The molecular weight excluding hydrogens is 440 g/mol. The van der Waals surface area contributed by atoms with Gasteiger partial charge in [-0.05, 0) is 19.1 Å². The Morgan fingerprint density at radius 1 is 1.12 bits per heavy atom. The Hall–Kier alpha value is -3.08. The molecule has 1 atom stereocenters. The second-order valence-electron chi connectivity index (χ2n) is 8.38. The predicted octanol–water partition coefficient (Wildman–Crippen LogP) is 2.72. The summed E-state index contributed by atoms with van der Waals surface area (Å²) < 4.78 is 29.5. The number of thioether (sulfide) groups is 1. The molecule has 8 nitrogen and oxygen atoms in total. The van der Waals surface area contributed by atoms with Crippen molar-refractivity contribution in [3.05, 3.63) is 56.5 Å². The van der Waals surface area contributed by atoms with Gasteiger partial charge in [-0.3, -0.25) is 18.7 Å². The molecule has 2 heterocycles. The molecule has 0 spiro atoms. The lowest BCUT2D eigenvalue weighted by molar-refractivity contribution is -0.115. The largest absolute Gasteiger partial charge is 0.332 e. The Balaban J connectivity index is 2.09. The van der Waals surface area contributed by atoms with E-state index in [0.717, 1.165) is 34.5 Å². The standard InChI is InChI=1S/C21H23F2N5O3S/c1-10(16(29)24-13-9-11(22)7-8-12(13)23)32-17-14-15(25-19(26-17)21(2,3)4)27(5)20(31)28(6)18(14)30/h7-10H,1-6H3,(H,24,29). The Kier molecular flexibility index (Phi) is 6.23. The fraction of sp³-hybridized carbons (Fsp3) is 0.381. The molecule has 0 aliphatic carbocycles. The molecule has 0 fully saturated rings. The number of hydrogen-bond donors (Lipinski definition) is 1. The van der Waals surface area contributed by atoms with E-state index in [0.29, 0.717) is 5.82 Å². The SMILES string of the molecule is CC(Sc1nc(C(C)(C)C)nc2c1c(=O)n(C)c(=O)n2C)C(=O)Nc1cc(F)ccc1F. The zero-order valence-electron chi connectivity index (χ0n) is 18.5. The zero-order valence-corrected chi connectivity index (χ0v) is 19.3. The van der Waals surface area contributed by atoms with Crippen molar-refractivity contribution in [2.24, 2.45) is 14.1 Å².